The van der Waals surface area contributed by atoms with Crippen molar-refractivity contribution in [3.63, 3.8) is 0 Å². The van der Waals surface area contributed by atoms with Crippen LogP contribution < -0.4 is 11.1 Å². The number of nitrogens with one attached hydrogen (secondary N) is 1. The van der Waals surface area contributed by atoms with Crippen LogP contribution in [0.4, 0.5) is 13.2 Å². The van der Waals surface area contributed by atoms with Crippen molar-refractivity contribution in [2.75, 3.05) is 13.1 Å². The van der Waals surface area contributed by atoms with Crippen LogP contribution in [0.3, 0.4) is 0 Å². The predicted molar refractivity (Wildman–Crippen MR) is 39.5 cm³/mol. The van der Waals surface area contributed by atoms with Gasteiger partial charge in [-0.3, -0.25) is 4.79 Å². The molecule has 0 bridgehead atoms. The summed E-state index contributed by atoms with van der Waals surface area (Å²) in [4.78, 5) is 10.1. The highest BCUT2D eigenvalue weighted by molar-refractivity contribution is 5.77. The van der Waals surface area contributed by atoms with Gasteiger partial charge < -0.3 is 11.1 Å². The molecular formula is C6H13F3N2O. The van der Waals surface area contributed by atoms with Gasteiger partial charge in [0.1, 0.15) is 6.54 Å². The number of alkyl halides is 3. The lowest BCUT2D eigenvalue weighted by Gasteiger charge is -2.05. The zero-order valence-electron chi connectivity index (χ0n) is 7.03. The van der Waals surface area contributed by atoms with E-state index in [9.17, 15) is 18.0 Å². The fraction of sp³-hybridized carbons (Fsp3) is 0.833. The van der Waals surface area contributed by atoms with Gasteiger partial charge in [0.25, 0.3) is 0 Å². The first-order valence-corrected chi connectivity index (χ1v) is 3.49. The quantitative estimate of drug-likeness (QED) is 0.665. The van der Waals surface area contributed by atoms with E-state index >= 15 is 0 Å². The first-order valence-electron chi connectivity index (χ1n) is 3.49. The number of nitrogens with two attached hydrogens (primary N) is 1. The molecule has 0 unspecified atom stereocenters. The third kappa shape index (κ3) is 12.0. The van der Waals surface area contributed by atoms with E-state index in [1.165, 1.54) is 0 Å². The van der Waals surface area contributed by atoms with E-state index in [-0.39, 0.29) is 0 Å². The Labute approximate surface area is 69.1 Å². The Balaban J connectivity index is 0. The molecule has 6 heteroatoms. The van der Waals surface area contributed by atoms with Crippen LogP contribution in [0.2, 0.25) is 0 Å². The highest BCUT2D eigenvalue weighted by atomic mass is 19.4. The molecule has 74 valence electrons. The van der Waals surface area contributed by atoms with Gasteiger partial charge in [-0.15, -0.1) is 0 Å². The van der Waals surface area contributed by atoms with Crippen LogP contribution in [0.5, 0.6) is 0 Å². The molecule has 0 radical (unpaired) electrons. The van der Waals surface area contributed by atoms with E-state index in [1.807, 2.05) is 13.8 Å². The summed E-state index contributed by atoms with van der Waals surface area (Å²) in [5, 5.41) is 1.58. The van der Waals surface area contributed by atoms with Crippen molar-refractivity contribution in [3.8, 4) is 0 Å². The SMILES string of the molecule is CC.NCC(=O)NCC(F)(F)F. The van der Waals surface area contributed by atoms with Crippen molar-refractivity contribution < 1.29 is 18.0 Å². The fourth-order valence-electron chi connectivity index (χ4n) is 0.271. The van der Waals surface area contributed by atoms with Crippen LogP contribution in [-0.4, -0.2) is 25.2 Å². The number of halogens is 3. The number of carbonyl (C=O) groups is 1. The molecule has 1 amide bonds. The van der Waals surface area contributed by atoms with Crippen molar-refractivity contribution in [1.29, 1.82) is 0 Å². The first kappa shape index (κ1) is 13.8. The van der Waals surface area contributed by atoms with Gasteiger partial charge in [0.2, 0.25) is 5.91 Å². The van der Waals surface area contributed by atoms with Gasteiger partial charge in [-0.1, -0.05) is 13.8 Å². The van der Waals surface area contributed by atoms with Crippen LogP contribution in [0.25, 0.3) is 0 Å². The first-order chi connectivity index (χ1) is 5.45. The molecular weight excluding hydrogens is 173 g/mol. The summed E-state index contributed by atoms with van der Waals surface area (Å²) < 4.78 is 33.9. The Hall–Kier alpha value is -0.780. The Morgan fingerprint density at radius 2 is 1.83 bits per heavy atom. The summed E-state index contributed by atoms with van der Waals surface area (Å²) in [6.07, 6.45) is -4.36. The van der Waals surface area contributed by atoms with Crippen LogP contribution in [0.15, 0.2) is 0 Å². The summed E-state index contributed by atoms with van der Waals surface area (Å²) in [5.74, 6) is -0.808. The molecule has 12 heavy (non-hydrogen) atoms. The summed E-state index contributed by atoms with van der Waals surface area (Å²) >= 11 is 0. The largest absolute Gasteiger partial charge is 0.405 e. The average Bonchev–Trinajstić information content (AvgIpc) is 2.03. The number of rotatable bonds is 2. The van der Waals surface area contributed by atoms with Gasteiger partial charge in [-0.2, -0.15) is 13.2 Å². The Morgan fingerprint density at radius 3 is 2.08 bits per heavy atom. The molecule has 0 aliphatic carbocycles. The van der Waals surface area contributed by atoms with E-state index in [1.54, 1.807) is 5.32 Å². The van der Waals surface area contributed by atoms with Crippen molar-refractivity contribution in [2.45, 2.75) is 20.0 Å². The molecule has 3 N–H and O–H groups in total. The van der Waals surface area contributed by atoms with E-state index in [4.69, 9.17) is 5.73 Å². The molecule has 0 saturated heterocycles. The minimum absolute atomic E-state index is 0.421. The smallest absolute Gasteiger partial charge is 0.346 e. The maximum Gasteiger partial charge on any atom is 0.405 e. The number of hydrogen-bond donors (Lipinski definition) is 2. The van der Waals surface area contributed by atoms with Crippen LogP contribution in [0, 0.1) is 0 Å². The maximum absolute atomic E-state index is 11.3. The van der Waals surface area contributed by atoms with Gasteiger partial charge in [-0.05, 0) is 0 Å². The van der Waals surface area contributed by atoms with Crippen molar-refractivity contribution in [2.24, 2.45) is 5.73 Å². The van der Waals surface area contributed by atoms with E-state index in [2.05, 4.69) is 0 Å². The highest BCUT2D eigenvalue weighted by Gasteiger charge is 2.27. The molecule has 0 aromatic rings. The van der Waals surface area contributed by atoms with Gasteiger partial charge in [0, 0.05) is 0 Å². The van der Waals surface area contributed by atoms with Gasteiger partial charge >= 0.3 is 6.18 Å². The lowest BCUT2D eigenvalue weighted by molar-refractivity contribution is -0.137. The Morgan fingerprint density at radius 1 is 1.42 bits per heavy atom. The van der Waals surface area contributed by atoms with Crippen molar-refractivity contribution in [1.82, 2.24) is 5.32 Å². The Bertz CT molecular complexity index is 124. The summed E-state index contributed by atoms with van der Waals surface area (Å²) in [6, 6.07) is 0. The predicted octanol–water partition coefficient (Wildman–Crippen LogP) is 0.650. The molecule has 3 nitrogen and oxygen atoms in total. The maximum atomic E-state index is 11.3. The summed E-state index contributed by atoms with van der Waals surface area (Å²) in [5.41, 5.74) is 4.72. The molecule has 0 fully saturated rings. The van der Waals surface area contributed by atoms with Gasteiger partial charge in [-0.25, -0.2) is 0 Å². The summed E-state index contributed by atoms with van der Waals surface area (Å²) in [7, 11) is 0. The second-order valence-corrected chi connectivity index (χ2v) is 1.60. The third-order valence-electron chi connectivity index (χ3n) is 0.671. The number of hydrogen-bond acceptors (Lipinski definition) is 2. The topological polar surface area (TPSA) is 55.1 Å². The van der Waals surface area contributed by atoms with Crippen LogP contribution in [-0.2, 0) is 4.79 Å². The molecule has 0 aromatic carbocycles. The number of amides is 1. The van der Waals surface area contributed by atoms with E-state index in [0.29, 0.717) is 0 Å². The Kier molecular flexibility index (Phi) is 7.93. The molecule has 0 aliphatic heterocycles. The second-order valence-electron chi connectivity index (χ2n) is 1.60. The molecule has 0 aromatic heterocycles. The molecule has 0 saturated carbocycles. The fourth-order valence-corrected chi connectivity index (χ4v) is 0.271. The molecule has 0 aliphatic rings. The molecule has 0 rings (SSSR count). The highest BCUT2D eigenvalue weighted by Crippen LogP contribution is 2.11. The van der Waals surface area contributed by atoms with Gasteiger partial charge in [0.15, 0.2) is 0 Å². The second kappa shape index (κ2) is 6.90. The zero-order valence-corrected chi connectivity index (χ0v) is 7.03. The zero-order chi connectivity index (χ0) is 10.2. The van der Waals surface area contributed by atoms with Crippen LogP contribution in [0.1, 0.15) is 13.8 Å². The lowest BCUT2D eigenvalue weighted by Crippen LogP contribution is -2.37. The minimum atomic E-state index is -4.36. The molecule has 0 atom stereocenters. The van der Waals surface area contributed by atoms with Gasteiger partial charge in [0.05, 0.1) is 6.54 Å². The summed E-state index contributed by atoms with van der Waals surface area (Å²) in [6.45, 7) is 2.26. The lowest BCUT2D eigenvalue weighted by atomic mass is 10.5. The number of carbonyl (C=O) groups excluding carboxylic acids is 1. The van der Waals surface area contributed by atoms with Crippen molar-refractivity contribution >= 4 is 5.91 Å². The monoisotopic (exact) mass is 186 g/mol. The molecule has 0 heterocycles. The minimum Gasteiger partial charge on any atom is -0.346 e. The average molecular weight is 186 g/mol. The normalized spacial score (nSPS) is 9.83. The third-order valence-corrected chi connectivity index (χ3v) is 0.671. The van der Waals surface area contributed by atoms with E-state index in [0.717, 1.165) is 0 Å². The van der Waals surface area contributed by atoms with Crippen LogP contribution >= 0.6 is 0 Å². The standard InChI is InChI=1S/C4H7F3N2O.C2H6/c5-4(6,7)2-9-3(10)1-8;1-2/h1-2,8H2,(H,9,10);1-2H3. The van der Waals surface area contributed by atoms with E-state index < -0.39 is 25.2 Å². The molecule has 0 spiro atoms. The van der Waals surface area contributed by atoms with Crippen molar-refractivity contribution in [3.05, 3.63) is 0 Å².